The maximum atomic E-state index is 13.2. The minimum atomic E-state index is -0.148. The van der Waals surface area contributed by atoms with Crippen molar-refractivity contribution < 1.29 is 42.3 Å². The number of rotatable bonds is 3. The molecule has 2 atom stereocenters. The second kappa shape index (κ2) is 8.58. The maximum absolute atomic E-state index is 13.2. The average molecular weight is 426 g/mol. The number of para-hydroxylation sites is 1. The molecule has 1 aromatic heterocycles. The fourth-order valence-electron chi connectivity index (χ4n) is 4.22. The van der Waals surface area contributed by atoms with Gasteiger partial charge in [0.1, 0.15) is 0 Å². The van der Waals surface area contributed by atoms with E-state index >= 15 is 0 Å². The van der Waals surface area contributed by atoms with Crippen LogP contribution in [0.25, 0.3) is 10.9 Å². The summed E-state index contributed by atoms with van der Waals surface area (Å²) < 4.78 is 0. The Morgan fingerprint density at radius 1 is 1.31 bits per heavy atom. The average Bonchev–Trinajstić information content (AvgIpc) is 3.22. The van der Waals surface area contributed by atoms with Crippen LogP contribution < -0.4 is 10.2 Å². The number of fused-ring (bicyclic) bond motifs is 3. The van der Waals surface area contributed by atoms with E-state index in [9.17, 15) is 9.59 Å². The zero-order valence-corrected chi connectivity index (χ0v) is 18.1. The molecule has 2 aliphatic rings. The molecule has 2 aromatic rings. The van der Waals surface area contributed by atoms with E-state index in [2.05, 4.69) is 10.3 Å². The van der Waals surface area contributed by atoms with E-state index in [1.807, 2.05) is 36.1 Å². The van der Waals surface area contributed by atoms with Crippen LogP contribution in [0.1, 0.15) is 30.5 Å². The molecule has 2 heterocycles. The minimum Gasteiger partial charge on any atom is -0.527 e. The van der Waals surface area contributed by atoms with Crippen LogP contribution in [0.4, 0.5) is 5.69 Å². The zero-order valence-electron chi connectivity index (χ0n) is 15.3. The number of aromatic nitrogens is 1. The largest absolute Gasteiger partial charge is 0.527 e. The number of hydrogen-bond acceptors (Lipinski definition) is 3. The Morgan fingerprint density at radius 2 is 2.08 bits per heavy atom. The normalized spacial score (nSPS) is 20.9. The molecule has 1 saturated carbocycles. The second-order valence-corrected chi connectivity index (χ2v) is 6.67. The first-order valence-corrected chi connectivity index (χ1v) is 8.53. The fraction of sp³-hybridized carbons (Fsp3) is 0.400. The predicted molar refractivity (Wildman–Crippen MR) is 98.9 cm³/mol. The van der Waals surface area contributed by atoms with E-state index in [-0.39, 0.29) is 58.0 Å². The van der Waals surface area contributed by atoms with Crippen LogP contribution in [0.15, 0.2) is 24.3 Å². The molecule has 0 saturated heterocycles. The molecule has 1 radical (unpaired) electrons. The number of hydrogen-bond donors (Lipinski definition) is 1. The molecule has 26 heavy (non-hydrogen) atoms. The SMILES string of the molecule is Cc1nc2ccccc2c2c1CCN2C(=O)[C@H]1CCC[C@H]1N[C-]=O.[CH3-].[Y]. The zero-order chi connectivity index (χ0) is 16.7. The van der Waals surface area contributed by atoms with Gasteiger partial charge in [0, 0.05) is 56.4 Å². The quantitative estimate of drug-likeness (QED) is 0.607. The summed E-state index contributed by atoms with van der Waals surface area (Å²) in [5.41, 5.74) is 4.12. The van der Waals surface area contributed by atoms with Gasteiger partial charge in [0.25, 0.3) is 0 Å². The number of benzene rings is 1. The molecule has 6 heteroatoms. The van der Waals surface area contributed by atoms with Gasteiger partial charge in [-0.25, -0.2) is 0 Å². The minimum absolute atomic E-state index is 0. The molecule has 1 fully saturated rings. The number of nitrogens with one attached hydrogen (secondary N) is 1. The molecule has 1 aliphatic heterocycles. The Balaban J connectivity index is 0.00000121. The van der Waals surface area contributed by atoms with Gasteiger partial charge < -0.3 is 22.4 Å². The van der Waals surface area contributed by atoms with Crippen LogP contribution in [0.5, 0.6) is 0 Å². The van der Waals surface area contributed by atoms with Crippen molar-refractivity contribution in [3.8, 4) is 0 Å². The number of pyridine rings is 1. The van der Waals surface area contributed by atoms with Crippen molar-refractivity contribution in [2.24, 2.45) is 5.92 Å². The van der Waals surface area contributed by atoms with Gasteiger partial charge in [-0.2, -0.15) is 6.41 Å². The number of amides is 2. The summed E-state index contributed by atoms with van der Waals surface area (Å²) in [6, 6.07) is 7.90. The standard InChI is InChI=1S/C19H20N3O2.CH3.Y/c1-12-13-9-10-22(18(13)14-5-2-3-7-17(14)21-12)19(24)15-6-4-8-16(15)20-11-23;;/h2-3,5,7,15-16H,4,6,8-10H2,1H3,(H,20,23);1H3;/q2*-1;/t15-,16+;;/m0../s1. The first-order chi connectivity index (χ1) is 11.7. The number of aryl methyl sites for hydroxylation is 1. The van der Waals surface area contributed by atoms with Gasteiger partial charge in [-0.1, -0.05) is 24.6 Å². The van der Waals surface area contributed by atoms with Crippen molar-refractivity contribution in [2.45, 2.75) is 38.6 Å². The van der Waals surface area contributed by atoms with E-state index in [4.69, 9.17) is 0 Å². The van der Waals surface area contributed by atoms with Crippen LogP contribution in [0.3, 0.4) is 0 Å². The van der Waals surface area contributed by atoms with Gasteiger partial charge in [-0.05, 0) is 37.8 Å². The second-order valence-electron chi connectivity index (χ2n) is 6.67. The van der Waals surface area contributed by atoms with E-state index in [1.165, 1.54) is 5.56 Å². The molecule has 0 bridgehead atoms. The van der Waals surface area contributed by atoms with Gasteiger partial charge in [-0.3, -0.25) is 9.78 Å². The van der Waals surface area contributed by atoms with Gasteiger partial charge >= 0.3 is 0 Å². The molecule has 1 aromatic carbocycles. The Hall–Kier alpha value is -1.33. The smallest absolute Gasteiger partial charge is 0.232 e. The van der Waals surface area contributed by atoms with Crippen LogP contribution in [0.2, 0.25) is 0 Å². The summed E-state index contributed by atoms with van der Waals surface area (Å²) >= 11 is 0. The van der Waals surface area contributed by atoms with Crippen LogP contribution >= 0.6 is 0 Å². The van der Waals surface area contributed by atoms with E-state index in [0.717, 1.165) is 48.0 Å². The van der Waals surface area contributed by atoms with Gasteiger partial charge in [0.15, 0.2) is 0 Å². The van der Waals surface area contributed by atoms with Crippen molar-refractivity contribution in [3.05, 3.63) is 42.9 Å². The van der Waals surface area contributed by atoms with Crippen molar-refractivity contribution in [1.82, 2.24) is 10.3 Å². The summed E-state index contributed by atoms with van der Waals surface area (Å²) in [5.74, 6) is -0.0283. The van der Waals surface area contributed by atoms with Crippen LogP contribution in [0, 0.1) is 20.3 Å². The van der Waals surface area contributed by atoms with Crippen LogP contribution in [-0.4, -0.2) is 29.9 Å². The third-order valence-corrected chi connectivity index (χ3v) is 5.37. The predicted octanol–water partition coefficient (Wildman–Crippen LogP) is 2.71. The molecule has 1 aliphatic carbocycles. The Kier molecular flexibility index (Phi) is 6.92. The third-order valence-electron chi connectivity index (χ3n) is 5.37. The number of carbonyl (C=O) groups is 1. The Labute approximate surface area is 179 Å². The van der Waals surface area contributed by atoms with Gasteiger partial charge in [0.2, 0.25) is 5.91 Å². The summed E-state index contributed by atoms with van der Waals surface area (Å²) in [6.45, 7) is 2.71. The molecule has 4 rings (SSSR count). The van der Waals surface area contributed by atoms with Gasteiger partial charge in [-0.15, -0.1) is 0 Å². The molecule has 135 valence electrons. The summed E-state index contributed by atoms with van der Waals surface area (Å²) in [7, 11) is 0. The third kappa shape index (κ3) is 3.44. The Bertz CT molecular complexity index is 824. The topological polar surface area (TPSA) is 62.3 Å². The first-order valence-electron chi connectivity index (χ1n) is 8.53. The molecular formula is C20H23N3O2Y-2. The maximum Gasteiger partial charge on any atom is 0.232 e. The first kappa shape index (κ1) is 21.0. The fourth-order valence-corrected chi connectivity index (χ4v) is 4.22. The summed E-state index contributed by atoms with van der Waals surface area (Å²) in [4.78, 5) is 30.5. The van der Waals surface area contributed by atoms with E-state index in [1.54, 1.807) is 6.41 Å². The van der Waals surface area contributed by atoms with E-state index in [0.29, 0.717) is 6.54 Å². The molecule has 5 nitrogen and oxygen atoms in total. The van der Waals surface area contributed by atoms with Gasteiger partial charge in [0.05, 0.1) is 17.1 Å². The number of carbonyl (C=O) groups excluding carboxylic acids is 2. The van der Waals surface area contributed by atoms with Crippen molar-refractivity contribution in [3.63, 3.8) is 0 Å². The number of anilines is 1. The number of nitrogens with zero attached hydrogens (tertiary/aromatic N) is 2. The molecule has 1 N–H and O–H groups in total. The van der Waals surface area contributed by atoms with E-state index < -0.39 is 0 Å². The molecule has 0 spiro atoms. The van der Waals surface area contributed by atoms with Crippen molar-refractivity contribution >= 4 is 28.9 Å². The Morgan fingerprint density at radius 3 is 2.85 bits per heavy atom. The summed E-state index contributed by atoms with van der Waals surface area (Å²) in [6.07, 6.45) is 5.24. The van der Waals surface area contributed by atoms with Crippen molar-refractivity contribution in [2.75, 3.05) is 11.4 Å². The van der Waals surface area contributed by atoms with Crippen LogP contribution in [-0.2, 0) is 48.7 Å². The van der Waals surface area contributed by atoms with Crippen molar-refractivity contribution in [1.29, 1.82) is 0 Å². The molecule has 2 amide bonds. The molecule has 0 unspecified atom stereocenters. The summed E-state index contributed by atoms with van der Waals surface area (Å²) in [5, 5.41) is 3.74. The molecular weight excluding hydrogens is 403 g/mol. The monoisotopic (exact) mass is 426 g/mol.